The zero-order valence-electron chi connectivity index (χ0n) is 10.3. The van der Waals surface area contributed by atoms with Gasteiger partial charge in [-0.3, -0.25) is 0 Å². The quantitative estimate of drug-likeness (QED) is 0.778. The lowest BCUT2D eigenvalue weighted by Crippen LogP contribution is -1.93. The van der Waals surface area contributed by atoms with Crippen LogP contribution in [0.2, 0.25) is 0 Å². The molecule has 0 spiro atoms. The Morgan fingerprint density at radius 2 is 1.94 bits per heavy atom. The Balaban J connectivity index is 2.55. The van der Waals surface area contributed by atoms with E-state index in [9.17, 15) is 4.39 Å². The highest BCUT2D eigenvalue weighted by atomic mass is 79.9. The van der Waals surface area contributed by atoms with E-state index in [-0.39, 0.29) is 5.82 Å². The molecule has 0 atom stereocenters. The fourth-order valence-corrected chi connectivity index (χ4v) is 2.28. The number of aryl methyl sites for hydroxylation is 1. The molecule has 2 rings (SSSR count). The first-order chi connectivity index (χ1) is 8.63. The Labute approximate surface area is 115 Å². The average Bonchev–Trinajstić information content (AvgIpc) is 2.36. The van der Waals surface area contributed by atoms with Crippen LogP contribution in [0.5, 0.6) is 5.75 Å². The number of ether oxygens (including phenoxy) is 1. The van der Waals surface area contributed by atoms with E-state index in [4.69, 9.17) is 4.74 Å². The van der Waals surface area contributed by atoms with E-state index in [2.05, 4.69) is 15.9 Å². The Kier molecular flexibility index (Phi) is 4.02. The van der Waals surface area contributed by atoms with Crippen molar-refractivity contribution in [1.82, 2.24) is 0 Å². The predicted molar refractivity (Wildman–Crippen MR) is 75.4 cm³/mol. The minimum absolute atomic E-state index is 0.188. The van der Waals surface area contributed by atoms with E-state index in [0.717, 1.165) is 15.8 Å². The Morgan fingerprint density at radius 1 is 1.17 bits per heavy atom. The molecule has 3 heteroatoms. The van der Waals surface area contributed by atoms with E-state index in [1.807, 2.05) is 31.2 Å². The first-order valence-corrected chi connectivity index (χ1v) is 6.60. The summed E-state index contributed by atoms with van der Waals surface area (Å²) in [5.41, 5.74) is 2.03. The van der Waals surface area contributed by atoms with Crippen LogP contribution in [0.3, 0.4) is 0 Å². The number of hydrogen-bond acceptors (Lipinski definition) is 1. The van der Waals surface area contributed by atoms with Gasteiger partial charge in [0.15, 0.2) is 0 Å². The predicted octanol–water partition coefficient (Wildman–Crippen LogP) is 4.96. The van der Waals surface area contributed by atoms with Crippen LogP contribution in [0.15, 0.2) is 40.9 Å². The molecule has 0 aliphatic carbocycles. The molecule has 0 fully saturated rings. The molecule has 0 aromatic heterocycles. The van der Waals surface area contributed by atoms with Gasteiger partial charge in [-0.05, 0) is 37.6 Å². The molecule has 0 amide bonds. The van der Waals surface area contributed by atoms with Gasteiger partial charge in [-0.1, -0.05) is 34.1 Å². The maximum Gasteiger partial charge on any atom is 0.133 e. The third kappa shape index (κ3) is 2.56. The largest absolute Gasteiger partial charge is 0.494 e. The topological polar surface area (TPSA) is 9.23 Å². The van der Waals surface area contributed by atoms with Gasteiger partial charge in [-0.2, -0.15) is 0 Å². The van der Waals surface area contributed by atoms with Crippen molar-refractivity contribution < 1.29 is 9.13 Å². The fourth-order valence-electron chi connectivity index (χ4n) is 1.82. The highest BCUT2D eigenvalue weighted by Gasteiger charge is 2.11. The number of hydrogen-bond donors (Lipinski definition) is 0. The second-order valence-electron chi connectivity index (χ2n) is 4.01. The second kappa shape index (κ2) is 5.53. The molecule has 1 nitrogen and oxygen atoms in total. The van der Waals surface area contributed by atoms with Gasteiger partial charge in [0.2, 0.25) is 0 Å². The molecular formula is C15H14BrFO. The Bertz CT molecular complexity index is 566. The summed E-state index contributed by atoms with van der Waals surface area (Å²) in [6, 6.07) is 11.0. The molecule has 0 radical (unpaired) electrons. The third-order valence-electron chi connectivity index (χ3n) is 2.73. The smallest absolute Gasteiger partial charge is 0.133 e. The van der Waals surface area contributed by atoms with Gasteiger partial charge in [0.25, 0.3) is 0 Å². The zero-order chi connectivity index (χ0) is 13.1. The first kappa shape index (κ1) is 13.1. The van der Waals surface area contributed by atoms with Crippen molar-refractivity contribution in [3.05, 3.63) is 52.3 Å². The summed E-state index contributed by atoms with van der Waals surface area (Å²) in [6.07, 6.45) is 0. The van der Waals surface area contributed by atoms with Crippen molar-refractivity contribution >= 4 is 15.9 Å². The minimum atomic E-state index is -0.188. The molecule has 94 valence electrons. The second-order valence-corrected chi connectivity index (χ2v) is 4.87. The summed E-state index contributed by atoms with van der Waals surface area (Å²) in [4.78, 5) is 0. The van der Waals surface area contributed by atoms with Crippen molar-refractivity contribution in [2.24, 2.45) is 0 Å². The van der Waals surface area contributed by atoms with Gasteiger partial charge in [0.05, 0.1) is 6.61 Å². The molecular weight excluding hydrogens is 295 g/mol. The van der Waals surface area contributed by atoms with Gasteiger partial charge < -0.3 is 4.74 Å². The monoisotopic (exact) mass is 308 g/mol. The lowest BCUT2D eigenvalue weighted by molar-refractivity contribution is 0.340. The van der Waals surface area contributed by atoms with Gasteiger partial charge in [-0.25, -0.2) is 4.39 Å². The standard InChI is InChI=1S/C15H14BrFO/c1-3-18-11-7-8-14(16)13(9-11)12-6-4-5-10(2)15(12)17/h4-9H,3H2,1-2H3. The summed E-state index contributed by atoms with van der Waals surface area (Å²) in [7, 11) is 0. The summed E-state index contributed by atoms with van der Waals surface area (Å²) in [6.45, 7) is 4.28. The first-order valence-electron chi connectivity index (χ1n) is 5.81. The van der Waals surface area contributed by atoms with Gasteiger partial charge >= 0.3 is 0 Å². The summed E-state index contributed by atoms with van der Waals surface area (Å²) in [5.74, 6) is 0.559. The van der Waals surface area contributed by atoms with Gasteiger partial charge in [0.1, 0.15) is 11.6 Å². The van der Waals surface area contributed by atoms with Crippen LogP contribution < -0.4 is 4.74 Å². The molecule has 0 heterocycles. The molecule has 0 saturated heterocycles. The molecule has 0 aliphatic heterocycles. The lowest BCUT2D eigenvalue weighted by atomic mass is 10.0. The normalized spacial score (nSPS) is 10.4. The van der Waals surface area contributed by atoms with Crippen LogP contribution in [0.4, 0.5) is 4.39 Å². The molecule has 0 bridgehead atoms. The average molecular weight is 309 g/mol. The van der Waals surface area contributed by atoms with Gasteiger partial charge in [0, 0.05) is 15.6 Å². The SMILES string of the molecule is CCOc1ccc(Br)c(-c2cccc(C)c2F)c1. The molecule has 0 saturated carbocycles. The lowest BCUT2D eigenvalue weighted by Gasteiger charge is -2.10. The highest BCUT2D eigenvalue weighted by Crippen LogP contribution is 2.34. The van der Waals surface area contributed by atoms with E-state index in [1.54, 1.807) is 19.1 Å². The minimum Gasteiger partial charge on any atom is -0.494 e. The van der Waals surface area contributed by atoms with Crippen LogP contribution >= 0.6 is 15.9 Å². The Morgan fingerprint density at radius 3 is 2.67 bits per heavy atom. The summed E-state index contributed by atoms with van der Waals surface area (Å²) < 4.78 is 20.4. The highest BCUT2D eigenvalue weighted by molar-refractivity contribution is 9.10. The van der Waals surface area contributed by atoms with Crippen molar-refractivity contribution in [3.8, 4) is 16.9 Å². The molecule has 2 aromatic carbocycles. The van der Waals surface area contributed by atoms with Gasteiger partial charge in [-0.15, -0.1) is 0 Å². The van der Waals surface area contributed by atoms with Crippen molar-refractivity contribution in [1.29, 1.82) is 0 Å². The van der Waals surface area contributed by atoms with Crippen LogP contribution in [-0.4, -0.2) is 6.61 Å². The van der Waals surface area contributed by atoms with Crippen molar-refractivity contribution in [3.63, 3.8) is 0 Å². The summed E-state index contributed by atoms with van der Waals surface area (Å²) in [5, 5.41) is 0. The van der Waals surface area contributed by atoms with Crippen molar-refractivity contribution in [2.75, 3.05) is 6.61 Å². The maximum absolute atomic E-state index is 14.1. The van der Waals surface area contributed by atoms with E-state index < -0.39 is 0 Å². The van der Waals surface area contributed by atoms with Crippen LogP contribution in [0.25, 0.3) is 11.1 Å². The van der Waals surface area contributed by atoms with E-state index >= 15 is 0 Å². The van der Waals surface area contributed by atoms with E-state index in [0.29, 0.717) is 17.7 Å². The van der Waals surface area contributed by atoms with Crippen LogP contribution in [0, 0.1) is 12.7 Å². The number of benzene rings is 2. The zero-order valence-corrected chi connectivity index (χ0v) is 11.9. The molecule has 18 heavy (non-hydrogen) atoms. The fraction of sp³-hybridized carbons (Fsp3) is 0.200. The molecule has 0 N–H and O–H groups in total. The third-order valence-corrected chi connectivity index (χ3v) is 3.42. The molecule has 2 aromatic rings. The van der Waals surface area contributed by atoms with Crippen LogP contribution in [0.1, 0.15) is 12.5 Å². The van der Waals surface area contributed by atoms with E-state index in [1.165, 1.54) is 0 Å². The molecule has 0 aliphatic rings. The summed E-state index contributed by atoms with van der Waals surface area (Å²) >= 11 is 3.45. The van der Waals surface area contributed by atoms with Crippen LogP contribution in [-0.2, 0) is 0 Å². The maximum atomic E-state index is 14.1. The number of halogens is 2. The molecule has 0 unspecified atom stereocenters. The number of rotatable bonds is 3. The van der Waals surface area contributed by atoms with Crippen molar-refractivity contribution in [2.45, 2.75) is 13.8 Å². The Hall–Kier alpha value is -1.35.